The lowest BCUT2D eigenvalue weighted by Gasteiger charge is -2.48. The first-order chi connectivity index (χ1) is 9.23. The number of piperidine rings is 1. The molecule has 2 heterocycles. The van der Waals surface area contributed by atoms with Gasteiger partial charge in [0, 0.05) is 19.0 Å². The van der Waals surface area contributed by atoms with Crippen LogP contribution in [0, 0.1) is 11.3 Å². The second kappa shape index (κ2) is 5.64. The van der Waals surface area contributed by atoms with Gasteiger partial charge in [0.15, 0.2) is 0 Å². The van der Waals surface area contributed by atoms with Gasteiger partial charge in [0.05, 0.1) is 11.7 Å². The number of carbonyl (C=O) groups excluding carboxylic acids is 1. The van der Waals surface area contributed by atoms with Crippen LogP contribution in [0.25, 0.3) is 0 Å². The summed E-state index contributed by atoms with van der Waals surface area (Å²) < 4.78 is 6.23. The summed E-state index contributed by atoms with van der Waals surface area (Å²) in [5.74, 6) is 0.331. The molecule has 1 amide bonds. The van der Waals surface area contributed by atoms with Crippen molar-refractivity contribution in [1.82, 2.24) is 10.2 Å². The van der Waals surface area contributed by atoms with Gasteiger partial charge in [-0.25, -0.2) is 0 Å². The van der Waals surface area contributed by atoms with Crippen molar-refractivity contribution in [1.29, 1.82) is 0 Å². The van der Waals surface area contributed by atoms with Gasteiger partial charge in [-0.05, 0) is 38.3 Å². The lowest BCUT2D eigenvalue weighted by Crippen LogP contribution is -2.60. The average Bonchev–Trinajstić information content (AvgIpc) is 2.35. The van der Waals surface area contributed by atoms with E-state index >= 15 is 0 Å². The fourth-order valence-corrected chi connectivity index (χ4v) is 3.19. The molecular weight excluding hydrogens is 252 g/mol. The van der Waals surface area contributed by atoms with Crippen molar-refractivity contribution in [2.45, 2.75) is 59.2 Å². The Bertz CT molecular complexity index is 356. The van der Waals surface area contributed by atoms with Crippen molar-refractivity contribution in [3.63, 3.8) is 0 Å². The predicted octanol–water partition coefficient (Wildman–Crippen LogP) is 2.04. The largest absolute Gasteiger partial charge is 0.368 e. The molecule has 0 saturated carbocycles. The number of hydrogen-bond acceptors (Lipinski definition) is 3. The summed E-state index contributed by atoms with van der Waals surface area (Å²) in [4.78, 5) is 14.8. The highest BCUT2D eigenvalue weighted by molar-refractivity contribution is 5.79. The first-order valence-corrected chi connectivity index (χ1v) is 7.91. The van der Waals surface area contributed by atoms with Crippen molar-refractivity contribution in [3.8, 4) is 0 Å². The van der Waals surface area contributed by atoms with Crippen molar-refractivity contribution in [3.05, 3.63) is 0 Å². The van der Waals surface area contributed by atoms with Gasteiger partial charge in [-0.15, -0.1) is 0 Å². The lowest BCUT2D eigenvalue weighted by molar-refractivity contribution is -0.177. The van der Waals surface area contributed by atoms with Crippen LogP contribution in [0.4, 0.5) is 0 Å². The quantitative estimate of drug-likeness (QED) is 0.800. The van der Waals surface area contributed by atoms with E-state index in [1.54, 1.807) is 0 Å². The van der Waals surface area contributed by atoms with Gasteiger partial charge in [0.2, 0.25) is 5.91 Å². The van der Waals surface area contributed by atoms with Gasteiger partial charge in [0.25, 0.3) is 0 Å². The number of ether oxygens (including phenoxy) is 1. The number of carbonyl (C=O) groups is 1. The molecule has 116 valence electrons. The number of morpholine rings is 1. The minimum atomic E-state index is -0.115. The third kappa shape index (κ3) is 3.34. The monoisotopic (exact) mass is 282 g/mol. The van der Waals surface area contributed by atoms with Crippen LogP contribution in [0.1, 0.15) is 47.5 Å². The molecule has 0 aliphatic carbocycles. The molecule has 2 aliphatic rings. The molecule has 1 N–H and O–H groups in total. The second-order valence-electron chi connectivity index (χ2n) is 7.67. The van der Waals surface area contributed by atoms with Crippen LogP contribution in [0.3, 0.4) is 0 Å². The van der Waals surface area contributed by atoms with Gasteiger partial charge in [-0.3, -0.25) is 4.79 Å². The van der Waals surface area contributed by atoms with Crippen LogP contribution >= 0.6 is 0 Å². The van der Waals surface area contributed by atoms with E-state index < -0.39 is 0 Å². The standard InChI is InChI=1S/C16H30N2O2/c1-12-10-18(14(19)13(2)15(3,4)5)11-16(20-12)6-8-17-9-7-16/h12-13,17H,6-11H2,1-5H3. The van der Waals surface area contributed by atoms with Crippen LogP contribution < -0.4 is 5.32 Å². The van der Waals surface area contributed by atoms with E-state index in [9.17, 15) is 4.79 Å². The van der Waals surface area contributed by atoms with Crippen LogP contribution in [0.5, 0.6) is 0 Å². The smallest absolute Gasteiger partial charge is 0.226 e. The van der Waals surface area contributed by atoms with E-state index in [1.165, 1.54) is 0 Å². The van der Waals surface area contributed by atoms with Crippen molar-refractivity contribution < 1.29 is 9.53 Å². The maximum absolute atomic E-state index is 12.8. The maximum atomic E-state index is 12.8. The third-order valence-electron chi connectivity index (χ3n) is 4.90. The number of hydrogen-bond donors (Lipinski definition) is 1. The molecule has 1 spiro atoms. The van der Waals surface area contributed by atoms with Crippen LogP contribution in [0.15, 0.2) is 0 Å². The molecular formula is C16H30N2O2. The second-order valence-corrected chi connectivity index (χ2v) is 7.67. The van der Waals surface area contributed by atoms with Gasteiger partial charge in [0.1, 0.15) is 0 Å². The summed E-state index contributed by atoms with van der Waals surface area (Å²) in [6.45, 7) is 14.0. The Kier molecular flexibility index (Phi) is 4.45. The molecule has 0 radical (unpaired) electrons. The van der Waals surface area contributed by atoms with E-state index in [2.05, 4.69) is 44.8 Å². The van der Waals surface area contributed by atoms with Crippen molar-refractivity contribution in [2.24, 2.45) is 11.3 Å². The zero-order valence-corrected chi connectivity index (χ0v) is 13.7. The fraction of sp³-hybridized carbons (Fsp3) is 0.938. The van der Waals surface area contributed by atoms with E-state index in [1.807, 2.05) is 0 Å². The Labute approximate surface area is 123 Å². The number of amides is 1. The Balaban J connectivity index is 2.09. The minimum absolute atomic E-state index is 0.0138. The molecule has 0 aromatic carbocycles. The first-order valence-electron chi connectivity index (χ1n) is 7.91. The molecule has 2 fully saturated rings. The third-order valence-corrected chi connectivity index (χ3v) is 4.90. The normalized spacial score (nSPS) is 28.4. The fourth-order valence-electron chi connectivity index (χ4n) is 3.19. The number of rotatable bonds is 1. The lowest BCUT2D eigenvalue weighted by atomic mass is 9.80. The van der Waals surface area contributed by atoms with E-state index in [0.29, 0.717) is 0 Å². The van der Waals surface area contributed by atoms with Gasteiger partial charge in [-0.2, -0.15) is 0 Å². The molecule has 2 aliphatic heterocycles. The van der Waals surface area contributed by atoms with Gasteiger partial charge >= 0.3 is 0 Å². The number of nitrogens with zero attached hydrogens (tertiary/aromatic N) is 1. The Morgan fingerprint density at radius 1 is 1.35 bits per heavy atom. The SMILES string of the molecule is CC1CN(C(=O)C(C)C(C)(C)C)CC2(CCNCC2)O1. The highest BCUT2D eigenvalue weighted by Crippen LogP contribution is 2.33. The summed E-state index contributed by atoms with van der Waals surface area (Å²) >= 11 is 0. The minimum Gasteiger partial charge on any atom is -0.368 e. The summed E-state index contributed by atoms with van der Waals surface area (Å²) in [7, 11) is 0. The summed E-state index contributed by atoms with van der Waals surface area (Å²) in [5, 5.41) is 3.38. The van der Waals surface area contributed by atoms with Crippen LogP contribution in [-0.2, 0) is 9.53 Å². The molecule has 2 unspecified atom stereocenters. The molecule has 2 atom stereocenters. The summed E-state index contributed by atoms with van der Waals surface area (Å²) in [5.41, 5.74) is -0.101. The molecule has 4 nitrogen and oxygen atoms in total. The van der Waals surface area contributed by atoms with Gasteiger partial charge < -0.3 is 15.0 Å². The first kappa shape index (κ1) is 15.8. The molecule has 2 rings (SSSR count). The predicted molar refractivity (Wildman–Crippen MR) is 80.6 cm³/mol. The van der Waals surface area contributed by atoms with E-state index in [0.717, 1.165) is 39.0 Å². The molecule has 4 heteroatoms. The van der Waals surface area contributed by atoms with Crippen LogP contribution in [0.2, 0.25) is 0 Å². The van der Waals surface area contributed by atoms with Crippen molar-refractivity contribution >= 4 is 5.91 Å². The summed E-state index contributed by atoms with van der Waals surface area (Å²) in [6, 6.07) is 0. The maximum Gasteiger partial charge on any atom is 0.226 e. The van der Waals surface area contributed by atoms with E-state index in [-0.39, 0.29) is 28.9 Å². The highest BCUT2D eigenvalue weighted by Gasteiger charge is 2.43. The highest BCUT2D eigenvalue weighted by atomic mass is 16.5. The molecule has 2 saturated heterocycles. The van der Waals surface area contributed by atoms with E-state index in [4.69, 9.17) is 4.74 Å². The Morgan fingerprint density at radius 2 is 1.95 bits per heavy atom. The Hall–Kier alpha value is -0.610. The number of nitrogens with one attached hydrogen (secondary N) is 1. The molecule has 0 aromatic rings. The van der Waals surface area contributed by atoms with Gasteiger partial charge in [-0.1, -0.05) is 27.7 Å². The van der Waals surface area contributed by atoms with Crippen LogP contribution in [-0.4, -0.2) is 48.7 Å². The average molecular weight is 282 g/mol. The Morgan fingerprint density at radius 3 is 2.50 bits per heavy atom. The summed E-state index contributed by atoms with van der Waals surface area (Å²) in [6.07, 6.45) is 2.15. The zero-order valence-electron chi connectivity index (χ0n) is 13.7. The molecule has 0 aromatic heterocycles. The zero-order chi connectivity index (χ0) is 15.0. The topological polar surface area (TPSA) is 41.6 Å². The van der Waals surface area contributed by atoms with Crippen molar-refractivity contribution in [2.75, 3.05) is 26.2 Å². The molecule has 20 heavy (non-hydrogen) atoms. The molecule has 0 bridgehead atoms.